The summed E-state index contributed by atoms with van der Waals surface area (Å²) in [5, 5.41) is 0. The number of halogens is 12. The Labute approximate surface area is 238 Å². The fourth-order valence-electron chi connectivity index (χ4n) is 1.76. The third-order valence-electron chi connectivity index (χ3n) is 2.94. The molecule has 4 nitrogen and oxygen atoms in total. The zero-order valence-electron chi connectivity index (χ0n) is 19.9. The first-order valence-corrected chi connectivity index (χ1v) is 13.9. The van der Waals surface area contributed by atoms with Gasteiger partial charge in [-0.2, -0.15) is 18.2 Å². The molecule has 4 aromatic heterocycles. The molecule has 0 N–H and O–H groups in total. The van der Waals surface area contributed by atoms with Gasteiger partial charge in [0.2, 0.25) is 0 Å². The molecule has 4 aromatic rings. The molecule has 0 bridgehead atoms. The van der Waals surface area contributed by atoms with Crippen LogP contribution in [0.2, 0.25) is 0 Å². The molecule has 4 rings (SSSR count). The van der Waals surface area contributed by atoms with Crippen LogP contribution in [0.3, 0.4) is 0 Å². The van der Waals surface area contributed by atoms with Crippen molar-refractivity contribution in [2.75, 3.05) is 0 Å². The van der Waals surface area contributed by atoms with Gasteiger partial charge in [0.25, 0.3) is 0 Å². The van der Waals surface area contributed by atoms with E-state index in [0.717, 1.165) is 17.0 Å². The first-order valence-electron chi connectivity index (χ1n) is 9.89. The van der Waals surface area contributed by atoms with E-state index in [4.69, 9.17) is 6.42 Å². The maximum absolute atomic E-state index is 10.7. The van der Waals surface area contributed by atoms with E-state index in [9.17, 15) is 50.4 Å². The van der Waals surface area contributed by atoms with Crippen molar-refractivity contribution in [2.45, 2.75) is 0 Å². The van der Waals surface area contributed by atoms with Crippen LogP contribution >= 0.6 is 15.6 Å². The Hall–Kier alpha value is -3.20. The molecule has 0 amide bonds. The fourth-order valence-corrected chi connectivity index (χ4v) is 1.76. The molecular formula is C22H17F12N4P2Ru. The van der Waals surface area contributed by atoms with E-state index >= 15 is 0 Å². The average Bonchev–Trinajstić information content (AvgIpc) is 2.84. The van der Waals surface area contributed by atoms with E-state index in [-0.39, 0.29) is 19.5 Å². The zero-order chi connectivity index (χ0) is 31.1. The molecule has 0 aliphatic rings. The number of hydrogen-bond donors (Lipinski definition) is 0. The van der Waals surface area contributed by atoms with Gasteiger partial charge in [-0.15, -0.1) is 6.42 Å². The van der Waals surface area contributed by atoms with Crippen LogP contribution in [0, 0.1) is 18.5 Å². The van der Waals surface area contributed by atoms with Gasteiger partial charge < -0.3 is 4.98 Å². The van der Waals surface area contributed by atoms with Crippen LogP contribution in [0.25, 0.3) is 11.4 Å². The molecule has 0 saturated carbocycles. The number of pyridine rings is 4. The van der Waals surface area contributed by atoms with Crippen LogP contribution in [-0.4, -0.2) is 19.9 Å². The van der Waals surface area contributed by atoms with Crippen LogP contribution < -0.4 is 0 Å². The van der Waals surface area contributed by atoms with Gasteiger partial charge in [-0.05, 0) is 36.4 Å². The molecule has 0 aliphatic heterocycles. The third-order valence-corrected chi connectivity index (χ3v) is 2.94. The summed E-state index contributed by atoms with van der Waals surface area (Å²) in [6.07, 6.45) is 16.6. The van der Waals surface area contributed by atoms with Gasteiger partial charge in [0.05, 0.1) is 11.4 Å². The van der Waals surface area contributed by atoms with Gasteiger partial charge >= 0.3 is 85.5 Å². The van der Waals surface area contributed by atoms with Gasteiger partial charge in [-0.1, -0.05) is 30.4 Å². The molecule has 1 radical (unpaired) electrons. The molecule has 41 heavy (non-hydrogen) atoms. The molecule has 0 aliphatic carbocycles. The molecular weight excluding hydrogens is 711 g/mol. The summed E-state index contributed by atoms with van der Waals surface area (Å²) in [4.78, 5) is 15.8. The molecule has 227 valence electrons. The van der Waals surface area contributed by atoms with Crippen molar-refractivity contribution in [1.82, 2.24) is 19.9 Å². The van der Waals surface area contributed by atoms with Crippen molar-refractivity contribution < 1.29 is 69.8 Å². The largest absolute Gasteiger partial charge is 3.00 e. The second-order valence-corrected chi connectivity index (χ2v) is 10.5. The van der Waals surface area contributed by atoms with Gasteiger partial charge in [-0.3, -0.25) is 15.0 Å². The number of hydrogen-bond acceptors (Lipinski definition) is 4. The van der Waals surface area contributed by atoms with E-state index in [1.165, 1.54) is 0 Å². The number of aromatic nitrogens is 4. The molecule has 0 atom stereocenters. The molecule has 0 unspecified atom stereocenters. The van der Waals surface area contributed by atoms with Crippen molar-refractivity contribution in [3.05, 3.63) is 109 Å². The van der Waals surface area contributed by atoms with Crippen molar-refractivity contribution in [3.8, 4) is 23.7 Å². The second-order valence-electron chi connectivity index (χ2n) is 6.69. The summed E-state index contributed by atoms with van der Waals surface area (Å²) in [7, 11) is -21.3. The molecule has 0 fully saturated rings. The van der Waals surface area contributed by atoms with E-state index < -0.39 is 15.6 Å². The summed E-state index contributed by atoms with van der Waals surface area (Å²) >= 11 is 0. The van der Waals surface area contributed by atoms with Crippen LogP contribution in [0.4, 0.5) is 50.4 Å². The summed E-state index contributed by atoms with van der Waals surface area (Å²) in [5.41, 5.74) is 2.46. The fraction of sp³-hybridized carbons (Fsp3) is 0. The standard InChI is InChI=1S/C12H8N2.C5H5N.C5H4N.2F6P.Ru/c1-2-10-6-8-14-12(9-10)11-5-3-4-7-13-11;2*1-2-4-6-5-3-1;2*1-7(2,3,4,5)6;/h1,3-9H;1-5H;1-4H;;;/q;;3*-1;+3. The van der Waals surface area contributed by atoms with Crippen LogP contribution in [0.15, 0.2) is 97.7 Å². The SMILES string of the molecule is C#Cc1ccnc(-c2ccccn2)c1.F[P-](F)(F)(F)(F)F.F[P-](F)(F)(F)(F)F.[Ru+3].[c-]1ccccn1.c1ccncc1. The Morgan fingerprint density at radius 1 is 0.585 bits per heavy atom. The predicted octanol–water partition coefficient (Wildman–Crippen LogP) is 10.9. The van der Waals surface area contributed by atoms with E-state index in [2.05, 4.69) is 32.1 Å². The quantitative estimate of drug-likeness (QED) is 0.0644. The normalized spacial score (nSPS) is 13.4. The second kappa shape index (κ2) is 14.1. The van der Waals surface area contributed by atoms with Gasteiger partial charge in [0, 0.05) is 30.4 Å². The first kappa shape index (κ1) is 39.9. The summed E-state index contributed by atoms with van der Waals surface area (Å²) in [5.74, 6) is 2.57. The summed E-state index contributed by atoms with van der Waals surface area (Å²) < 4.78 is 118. The average molecular weight is 728 g/mol. The molecule has 4 heterocycles. The third kappa shape index (κ3) is 41.4. The van der Waals surface area contributed by atoms with E-state index in [1.54, 1.807) is 43.1 Å². The Morgan fingerprint density at radius 2 is 1.07 bits per heavy atom. The van der Waals surface area contributed by atoms with Crippen molar-refractivity contribution >= 4 is 15.6 Å². The van der Waals surface area contributed by atoms with E-state index in [1.807, 2.05) is 54.6 Å². The smallest absolute Gasteiger partial charge is 0.394 e. The summed E-state index contributed by atoms with van der Waals surface area (Å²) in [6, 6.07) is 20.6. The maximum Gasteiger partial charge on any atom is 3.00 e. The molecule has 19 heteroatoms. The number of nitrogens with zero attached hydrogens (tertiary/aromatic N) is 4. The van der Waals surface area contributed by atoms with Gasteiger partial charge in [0.15, 0.2) is 0 Å². The minimum Gasteiger partial charge on any atom is -0.394 e. The number of rotatable bonds is 1. The van der Waals surface area contributed by atoms with E-state index in [0.29, 0.717) is 0 Å². The Bertz CT molecular complexity index is 1190. The Kier molecular flexibility index (Phi) is 13.8. The Morgan fingerprint density at radius 3 is 1.37 bits per heavy atom. The minimum atomic E-state index is -10.7. The van der Waals surface area contributed by atoms with Gasteiger partial charge in [-0.25, -0.2) is 0 Å². The monoisotopic (exact) mass is 729 g/mol. The van der Waals surface area contributed by atoms with Crippen molar-refractivity contribution in [2.24, 2.45) is 0 Å². The first-order chi connectivity index (χ1) is 17.8. The summed E-state index contributed by atoms with van der Waals surface area (Å²) in [6.45, 7) is 0. The molecule has 0 aromatic carbocycles. The van der Waals surface area contributed by atoms with Gasteiger partial charge in [0.1, 0.15) is 0 Å². The maximum atomic E-state index is 9.87. The topological polar surface area (TPSA) is 51.6 Å². The zero-order valence-corrected chi connectivity index (χ0v) is 23.4. The van der Waals surface area contributed by atoms with Crippen molar-refractivity contribution in [1.29, 1.82) is 0 Å². The molecule has 0 saturated heterocycles. The molecule has 0 spiro atoms. The Balaban J connectivity index is 0. The predicted molar refractivity (Wildman–Crippen MR) is 130 cm³/mol. The van der Waals surface area contributed by atoms with Crippen LogP contribution in [0.5, 0.6) is 0 Å². The van der Waals surface area contributed by atoms with Crippen LogP contribution in [0.1, 0.15) is 5.56 Å². The minimum absolute atomic E-state index is 0. The number of terminal acetylenes is 1. The van der Waals surface area contributed by atoms with Crippen LogP contribution in [-0.2, 0) is 19.5 Å². The van der Waals surface area contributed by atoms with Crippen molar-refractivity contribution in [3.63, 3.8) is 0 Å².